The molecule has 2 aliphatic rings. The number of hydrogen-bond acceptors (Lipinski definition) is 2. The second-order valence-electron chi connectivity index (χ2n) is 5.29. The molecule has 1 heterocycles. The first kappa shape index (κ1) is 11.1. The van der Waals surface area contributed by atoms with Crippen LogP contribution in [0.1, 0.15) is 36.8 Å². The Morgan fingerprint density at radius 3 is 2.76 bits per heavy atom. The average molecular weight is 231 g/mol. The minimum atomic E-state index is 0.842. The number of nitrogens with zero attached hydrogens (tertiary/aromatic N) is 1. The molecule has 1 aromatic carbocycles. The summed E-state index contributed by atoms with van der Waals surface area (Å²) in [6.45, 7) is 2.36. The van der Waals surface area contributed by atoms with Gasteiger partial charge in [-0.25, -0.2) is 0 Å². The third kappa shape index (κ3) is 2.19. The minimum absolute atomic E-state index is 0.842. The first-order valence-corrected chi connectivity index (χ1v) is 6.76. The van der Waals surface area contributed by atoms with Crippen molar-refractivity contribution in [2.45, 2.75) is 44.7 Å². The second-order valence-corrected chi connectivity index (χ2v) is 5.29. The summed E-state index contributed by atoms with van der Waals surface area (Å²) in [5.74, 6) is 0.997. The van der Waals surface area contributed by atoms with Crippen molar-refractivity contribution < 1.29 is 4.74 Å². The molecule has 0 spiro atoms. The van der Waals surface area contributed by atoms with Gasteiger partial charge in [0.1, 0.15) is 5.75 Å². The fraction of sp³-hybridized carbons (Fsp3) is 0.600. The van der Waals surface area contributed by atoms with E-state index in [-0.39, 0.29) is 0 Å². The van der Waals surface area contributed by atoms with E-state index in [0.29, 0.717) is 0 Å². The van der Waals surface area contributed by atoms with Crippen molar-refractivity contribution in [1.29, 1.82) is 0 Å². The summed E-state index contributed by atoms with van der Waals surface area (Å²) >= 11 is 0. The molecule has 0 N–H and O–H groups in total. The smallest absolute Gasteiger partial charge is 0.119 e. The highest BCUT2D eigenvalue weighted by molar-refractivity contribution is 5.37. The van der Waals surface area contributed by atoms with Crippen LogP contribution in [0.5, 0.6) is 5.75 Å². The van der Waals surface area contributed by atoms with E-state index >= 15 is 0 Å². The molecule has 0 radical (unpaired) electrons. The first-order chi connectivity index (χ1) is 8.36. The molecule has 1 fully saturated rings. The Morgan fingerprint density at radius 2 is 2.00 bits per heavy atom. The molecule has 0 aromatic heterocycles. The van der Waals surface area contributed by atoms with E-state index in [1.54, 1.807) is 7.11 Å². The van der Waals surface area contributed by atoms with Crippen LogP contribution in [0, 0.1) is 0 Å². The summed E-state index contributed by atoms with van der Waals surface area (Å²) in [6.07, 6.45) is 6.85. The monoisotopic (exact) mass is 231 g/mol. The van der Waals surface area contributed by atoms with Crippen LogP contribution >= 0.6 is 0 Å². The Morgan fingerprint density at radius 1 is 1.18 bits per heavy atom. The van der Waals surface area contributed by atoms with Gasteiger partial charge in [-0.15, -0.1) is 0 Å². The van der Waals surface area contributed by atoms with Gasteiger partial charge in [0.15, 0.2) is 0 Å². The molecular formula is C15H21NO. The van der Waals surface area contributed by atoms with Gasteiger partial charge in [0.05, 0.1) is 7.11 Å². The number of benzene rings is 1. The summed E-state index contributed by atoms with van der Waals surface area (Å²) < 4.78 is 5.32. The number of rotatable bonds is 2. The van der Waals surface area contributed by atoms with Crippen molar-refractivity contribution in [3.05, 3.63) is 29.3 Å². The molecular weight excluding hydrogens is 210 g/mol. The molecule has 0 atom stereocenters. The predicted molar refractivity (Wildman–Crippen MR) is 69.4 cm³/mol. The molecule has 3 rings (SSSR count). The number of hydrogen-bond donors (Lipinski definition) is 0. The Hall–Kier alpha value is -1.02. The quantitative estimate of drug-likeness (QED) is 0.776. The van der Waals surface area contributed by atoms with Gasteiger partial charge >= 0.3 is 0 Å². The van der Waals surface area contributed by atoms with Crippen molar-refractivity contribution >= 4 is 0 Å². The van der Waals surface area contributed by atoms with Gasteiger partial charge in [-0.3, -0.25) is 4.90 Å². The Kier molecular flexibility index (Phi) is 3.06. The standard InChI is InChI=1S/C15H21NO/c1-17-15-7-6-12-8-9-16(11-13(12)10-15)14-4-2-3-5-14/h6-7,10,14H,2-5,8-9,11H2,1H3. The van der Waals surface area contributed by atoms with Crippen molar-refractivity contribution in [2.24, 2.45) is 0 Å². The molecule has 1 aliphatic heterocycles. The fourth-order valence-electron chi connectivity index (χ4n) is 3.26. The summed E-state index contributed by atoms with van der Waals surface area (Å²) in [5, 5.41) is 0. The van der Waals surface area contributed by atoms with Crippen molar-refractivity contribution in [3.8, 4) is 5.75 Å². The summed E-state index contributed by atoms with van der Waals surface area (Å²) in [6, 6.07) is 7.38. The fourth-order valence-corrected chi connectivity index (χ4v) is 3.26. The molecule has 92 valence electrons. The lowest BCUT2D eigenvalue weighted by molar-refractivity contribution is 0.181. The molecule has 2 nitrogen and oxygen atoms in total. The molecule has 2 heteroatoms. The van der Waals surface area contributed by atoms with Crippen LogP contribution in [0.3, 0.4) is 0 Å². The van der Waals surface area contributed by atoms with Gasteiger partial charge in [-0.1, -0.05) is 18.9 Å². The maximum atomic E-state index is 5.32. The zero-order valence-electron chi connectivity index (χ0n) is 10.6. The Labute approximate surface area is 104 Å². The van der Waals surface area contributed by atoms with E-state index < -0.39 is 0 Å². The summed E-state index contributed by atoms with van der Waals surface area (Å²) in [4.78, 5) is 2.68. The lowest BCUT2D eigenvalue weighted by Gasteiger charge is -2.33. The molecule has 0 saturated heterocycles. The SMILES string of the molecule is COc1ccc2c(c1)CN(C1CCCC1)CC2. The van der Waals surface area contributed by atoms with Gasteiger partial charge in [0, 0.05) is 19.1 Å². The van der Waals surface area contributed by atoms with Gasteiger partial charge in [-0.2, -0.15) is 0 Å². The highest BCUT2D eigenvalue weighted by Crippen LogP contribution is 2.30. The van der Waals surface area contributed by atoms with Crippen LogP contribution in [0.2, 0.25) is 0 Å². The van der Waals surface area contributed by atoms with E-state index in [9.17, 15) is 0 Å². The minimum Gasteiger partial charge on any atom is -0.497 e. The highest BCUT2D eigenvalue weighted by atomic mass is 16.5. The molecule has 1 aliphatic carbocycles. The van der Waals surface area contributed by atoms with Crippen LogP contribution in [0.4, 0.5) is 0 Å². The van der Waals surface area contributed by atoms with E-state index in [1.807, 2.05) is 0 Å². The third-order valence-electron chi connectivity index (χ3n) is 4.30. The number of fused-ring (bicyclic) bond motifs is 1. The van der Waals surface area contributed by atoms with E-state index in [1.165, 1.54) is 49.8 Å². The molecule has 0 amide bonds. The van der Waals surface area contributed by atoms with Gasteiger partial charge in [0.2, 0.25) is 0 Å². The van der Waals surface area contributed by atoms with Crippen LogP contribution in [0.15, 0.2) is 18.2 Å². The molecule has 1 saturated carbocycles. The van der Waals surface area contributed by atoms with Gasteiger partial charge in [0.25, 0.3) is 0 Å². The zero-order valence-corrected chi connectivity index (χ0v) is 10.6. The van der Waals surface area contributed by atoms with E-state index in [4.69, 9.17) is 4.74 Å². The van der Waals surface area contributed by atoms with Gasteiger partial charge < -0.3 is 4.74 Å². The largest absolute Gasteiger partial charge is 0.497 e. The second kappa shape index (κ2) is 4.69. The molecule has 17 heavy (non-hydrogen) atoms. The molecule has 1 aromatic rings. The number of methoxy groups -OCH3 is 1. The average Bonchev–Trinajstić information content (AvgIpc) is 2.91. The lowest BCUT2D eigenvalue weighted by Crippen LogP contribution is -2.37. The first-order valence-electron chi connectivity index (χ1n) is 6.76. The Bertz CT molecular complexity index is 396. The molecule has 0 bridgehead atoms. The number of ether oxygens (including phenoxy) is 1. The van der Waals surface area contributed by atoms with Gasteiger partial charge in [-0.05, 0) is 42.5 Å². The van der Waals surface area contributed by atoms with Crippen LogP contribution < -0.4 is 4.74 Å². The maximum Gasteiger partial charge on any atom is 0.119 e. The van der Waals surface area contributed by atoms with Crippen molar-refractivity contribution in [3.63, 3.8) is 0 Å². The maximum absolute atomic E-state index is 5.32. The van der Waals surface area contributed by atoms with E-state index in [0.717, 1.165) is 18.3 Å². The topological polar surface area (TPSA) is 12.5 Å². The normalized spacial score (nSPS) is 21.5. The zero-order chi connectivity index (χ0) is 11.7. The van der Waals surface area contributed by atoms with Crippen molar-refractivity contribution in [1.82, 2.24) is 4.90 Å². The van der Waals surface area contributed by atoms with Crippen LogP contribution in [-0.2, 0) is 13.0 Å². The third-order valence-corrected chi connectivity index (χ3v) is 4.30. The van der Waals surface area contributed by atoms with E-state index in [2.05, 4.69) is 23.1 Å². The molecule has 0 unspecified atom stereocenters. The van der Waals surface area contributed by atoms with Crippen LogP contribution in [-0.4, -0.2) is 24.6 Å². The van der Waals surface area contributed by atoms with Crippen LogP contribution in [0.25, 0.3) is 0 Å². The summed E-state index contributed by atoms with van der Waals surface area (Å²) in [5.41, 5.74) is 2.99. The van der Waals surface area contributed by atoms with Crippen molar-refractivity contribution in [2.75, 3.05) is 13.7 Å². The lowest BCUT2D eigenvalue weighted by atomic mass is 9.98. The Balaban J connectivity index is 1.78. The highest BCUT2D eigenvalue weighted by Gasteiger charge is 2.25. The summed E-state index contributed by atoms with van der Waals surface area (Å²) in [7, 11) is 1.75. The predicted octanol–water partition coefficient (Wildman–Crippen LogP) is 3.00.